The van der Waals surface area contributed by atoms with Gasteiger partial charge in [0, 0.05) is 0 Å². The maximum atomic E-state index is 12.9. The molecule has 1 aromatic carbocycles. The van der Waals surface area contributed by atoms with Gasteiger partial charge in [0.25, 0.3) is 0 Å². The molecular formula is C16H22FN. The van der Waals surface area contributed by atoms with E-state index in [9.17, 15) is 9.65 Å². The molecule has 1 rings (SSSR count). The average molecular weight is 247 g/mol. The molecule has 2 heteroatoms. The summed E-state index contributed by atoms with van der Waals surface area (Å²) in [4.78, 5) is 0. The zero-order valence-electron chi connectivity index (χ0n) is 11.5. The molecule has 0 bridgehead atoms. The van der Waals surface area contributed by atoms with Crippen molar-refractivity contribution in [2.75, 3.05) is 0 Å². The molecular weight excluding hydrogens is 225 g/mol. The molecule has 0 fully saturated rings. The van der Waals surface area contributed by atoms with Gasteiger partial charge in [0.15, 0.2) is 0 Å². The first-order valence-electron chi connectivity index (χ1n) is 6.67. The SMILES string of the molecule is CCC(C#N)(CCC(C)C)Cc1ccc(F)cc1. The highest BCUT2D eigenvalue weighted by Gasteiger charge is 2.28. The van der Waals surface area contributed by atoms with Crippen LogP contribution in [0.3, 0.4) is 0 Å². The lowest BCUT2D eigenvalue weighted by molar-refractivity contribution is 0.315. The number of hydrogen-bond acceptors (Lipinski definition) is 1. The van der Waals surface area contributed by atoms with Crippen LogP contribution < -0.4 is 0 Å². The minimum absolute atomic E-state index is 0.222. The Bertz CT molecular complexity index is 402. The van der Waals surface area contributed by atoms with Crippen LogP contribution >= 0.6 is 0 Å². The Morgan fingerprint density at radius 3 is 2.33 bits per heavy atom. The van der Waals surface area contributed by atoms with Crippen LogP contribution in [-0.4, -0.2) is 0 Å². The van der Waals surface area contributed by atoms with Crippen molar-refractivity contribution in [1.29, 1.82) is 5.26 Å². The van der Waals surface area contributed by atoms with E-state index in [1.54, 1.807) is 12.1 Å². The molecule has 0 aromatic heterocycles. The van der Waals surface area contributed by atoms with E-state index >= 15 is 0 Å². The van der Waals surface area contributed by atoms with Gasteiger partial charge in [-0.2, -0.15) is 5.26 Å². The maximum Gasteiger partial charge on any atom is 0.123 e. The van der Waals surface area contributed by atoms with E-state index in [0.717, 1.165) is 24.8 Å². The molecule has 0 amide bonds. The molecule has 1 nitrogen and oxygen atoms in total. The van der Waals surface area contributed by atoms with E-state index in [1.807, 2.05) is 0 Å². The molecule has 0 saturated heterocycles. The average Bonchev–Trinajstić information content (AvgIpc) is 2.37. The zero-order chi connectivity index (χ0) is 13.6. The van der Waals surface area contributed by atoms with Crippen LogP contribution in [0.15, 0.2) is 24.3 Å². The van der Waals surface area contributed by atoms with Crippen LogP contribution in [0.2, 0.25) is 0 Å². The summed E-state index contributed by atoms with van der Waals surface area (Å²) >= 11 is 0. The molecule has 1 atom stereocenters. The molecule has 0 aliphatic carbocycles. The lowest BCUT2D eigenvalue weighted by atomic mass is 9.76. The fourth-order valence-electron chi connectivity index (χ4n) is 2.12. The summed E-state index contributed by atoms with van der Waals surface area (Å²) in [6.45, 7) is 6.42. The first-order valence-corrected chi connectivity index (χ1v) is 6.67. The Morgan fingerprint density at radius 2 is 1.89 bits per heavy atom. The minimum atomic E-state index is -0.303. The second-order valence-electron chi connectivity index (χ2n) is 5.48. The first-order chi connectivity index (χ1) is 8.51. The van der Waals surface area contributed by atoms with E-state index < -0.39 is 0 Å². The molecule has 0 aliphatic rings. The third-order valence-corrected chi connectivity index (χ3v) is 3.57. The van der Waals surface area contributed by atoms with Gasteiger partial charge >= 0.3 is 0 Å². The summed E-state index contributed by atoms with van der Waals surface area (Å²) in [7, 11) is 0. The molecule has 0 saturated carbocycles. The lowest BCUT2D eigenvalue weighted by Gasteiger charge is -2.26. The van der Waals surface area contributed by atoms with Crippen molar-refractivity contribution in [3.8, 4) is 6.07 Å². The van der Waals surface area contributed by atoms with Gasteiger partial charge in [-0.25, -0.2) is 4.39 Å². The van der Waals surface area contributed by atoms with E-state index in [0.29, 0.717) is 12.3 Å². The minimum Gasteiger partial charge on any atom is -0.207 e. The Labute approximate surface area is 110 Å². The van der Waals surface area contributed by atoms with Crippen LogP contribution in [0.4, 0.5) is 4.39 Å². The van der Waals surface area contributed by atoms with Crippen molar-refractivity contribution in [3.05, 3.63) is 35.6 Å². The quantitative estimate of drug-likeness (QED) is 0.713. The van der Waals surface area contributed by atoms with Crippen LogP contribution in [-0.2, 0) is 6.42 Å². The summed E-state index contributed by atoms with van der Waals surface area (Å²) in [5.41, 5.74) is 0.741. The van der Waals surface area contributed by atoms with Gasteiger partial charge in [-0.05, 0) is 49.3 Å². The molecule has 0 spiro atoms. The largest absolute Gasteiger partial charge is 0.207 e. The Morgan fingerprint density at radius 1 is 1.28 bits per heavy atom. The lowest BCUT2D eigenvalue weighted by Crippen LogP contribution is -2.21. The van der Waals surface area contributed by atoms with Gasteiger partial charge in [-0.15, -0.1) is 0 Å². The fraction of sp³-hybridized carbons (Fsp3) is 0.562. The second-order valence-corrected chi connectivity index (χ2v) is 5.48. The normalized spacial score (nSPS) is 14.2. The summed E-state index contributed by atoms with van der Waals surface area (Å²) in [5, 5.41) is 9.48. The van der Waals surface area contributed by atoms with Crippen molar-refractivity contribution in [2.45, 2.75) is 46.5 Å². The molecule has 18 heavy (non-hydrogen) atoms. The highest BCUT2D eigenvalue weighted by molar-refractivity contribution is 5.20. The number of nitrogens with zero attached hydrogens (tertiary/aromatic N) is 1. The molecule has 0 N–H and O–H groups in total. The predicted molar refractivity (Wildman–Crippen MR) is 72.5 cm³/mol. The van der Waals surface area contributed by atoms with Gasteiger partial charge in [-0.3, -0.25) is 0 Å². The second kappa shape index (κ2) is 6.54. The summed E-state index contributed by atoms with van der Waals surface area (Å²) in [6.07, 6.45) is 3.53. The molecule has 98 valence electrons. The van der Waals surface area contributed by atoms with E-state index in [-0.39, 0.29) is 11.2 Å². The summed E-state index contributed by atoms with van der Waals surface area (Å²) < 4.78 is 12.9. The van der Waals surface area contributed by atoms with Crippen molar-refractivity contribution in [3.63, 3.8) is 0 Å². The third kappa shape index (κ3) is 4.14. The molecule has 0 radical (unpaired) electrons. The van der Waals surface area contributed by atoms with Crippen molar-refractivity contribution >= 4 is 0 Å². The maximum absolute atomic E-state index is 12.9. The van der Waals surface area contributed by atoms with Crippen molar-refractivity contribution in [1.82, 2.24) is 0 Å². The number of rotatable bonds is 6. The number of hydrogen-bond donors (Lipinski definition) is 0. The number of nitriles is 1. The Balaban J connectivity index is 2.79. The topological polar surface area (TPSA) is 23.8 Å². The van der Waals surface area contributed by atoms with Crippen molar-refractivity contribution < 1.29 is 4.39 Å². The number of halogens is 1. The van der Waals surface area contributed by atoms with Gasteiger partial charge in [-0.1, -0.05) is 32.9 Å². The number of benzene rings is 1. The van der Waals surface area contributed by atoms with Crippen LogP contribution in [0.25, 0.3) is 0 Å². The van der Waals surface area contributed by atoms with Gasteiger partial charge in [0.2, 0.25) is 0 Å². The van der Waals surface area contributed by atoms with E-state index in [1.165, 1.54) is 12.1 Å². The Hall–Kier alpha value is -1.36. The zero-order valence-corrected chi connectivity index (χ0v) is 11.5. The van der Waals surface area contributed by atoms with Crippen LogP contribution in [0.1, 0.15) is 45.6 Å². The van der Waals surface area contributed by atoms with Crippen molar-refractivity contribution in [2.24, 2.45) is 11.3 Å². The van der Waals surface area contributed by atoms with Crippen LogP contribution in [0, 0.1) is 28.5 Å². The highest BCUT2D eigenvalue weighted by atomic mass is 19.1. The smallest absolute Gasteiger partial charge is 0.123 e. The standard InChI is InChI=1S/C16H22FN/c1-4-16(12-18,10-9-13(2)3)11-14-5-7-15(17)8-6-14/h5-8,13H,4,9-11H2,1-3H3. The molecule has 0 aliphatic heterocycles. The molecule has 1 aromatic rings. The summed E-state index contributed by atoms with van der Waals surface area (Å²) in [5.74, 6) is 0.387. The van der Waals surface area contributed by atoms with Gasteiger partial charge in [0.05, 0.1) is 11.5 Å². The van der Waals surface area contributed by atoms with E-state index in [4.69, 9.17) is 0 Å². The Kier molecular flexibility index (Phi) is 5.34. The first kappa shape index (κ1) is 14.7. The molecule has 1 unspecified atom stereocenters. The highest BCUT2D eigenvalue weighted by Crippen LogP contribution is 2.33. The van der Waals surface area contributed by atoms with Gasteiger partial charge < -0.3 is 0 Å². The monoisotopic (exact) mass is 247 g/mol. The predicted octanol–water partition coefficient (Wildman–Crippen LogP) is 4.72. The van der Waals surface area contributed by atoms with Crippen LogP contribution in [0.5, 0.6) is 0 Å². The molecule has 0 heterocycles. The summed E-state index contributed by atoms with van der Waals surface area (Å²) in [6, 6.07) is 8.99. The van der Waals surface area contributed by atoms with E-state index in [2.05, 4.69) is 26.8 Å². The third-order valence-electron chi connectivity index (χ3n) is 3.57. The fourth-order valence-corrected chi connectivity index (χ4v) is 2.12. The van der Waals surface area contributed by atoms with Gasteiger partial charge in [0.1, 0.15) is 5.82 Å².